The number of anilines is 1. The molecule has 9 N–H and O–H groups in total. The Kier molecular flexibility index (Phi) is 32.6. The summed E-state index contributed by atoms with van der Waals surface area (Å²) in [5, 5.41) is 15.8. The molecule has 0 aromatic heterocycles. The number of primary amides is 1. The van der Waals surface area contributed by atoms with E-state index in [0.29, 0.717) is 74.7 Å². The molecule has 0 unspecified atom stereocenters. The number of rotatable bonds is 41. The molecular formula is C71H108N12O17S. The van der Waals surface area contributed by atoms with Gasteiger partial charge in [-0.15, -0.1) is 0 Å². The van der Waals surface area contributed by atoms with Crippen LogP contribution in [0, 0.1) is 29.6 Å². The summed E-state index contributed by atoms with van der Waals surface area (Å²) in [6.07, 6.45) is 4.13. The summed E-state index contributed by atoms with van der Waals surface area (Å²) in [5.41, 5.74) is 6.77. The molecule has 5 rings (SSSR count). The van der Waals surface area contributed by atoms with E-state index in [-0.39, 0.29) is 81.4 Å². The van der Waals surface area contributed by atoms with Gasteiger partial charge in [-0.1, -0.05) is 118 Å². The Morgan fingerprint density at radius 1 is 0.673 bits per heavy atom. The first-order valence-electron chi connectivity index (χ1n) is 35.0. The fourth-order valence-electron chi connectivity index (χ4n) is 12.7. The molecule has 2 aliphatic heterocycles. The van der Waals surface area contributed by atoms with Crippen molar-refractivity contribution >= 4 is 86.9 Å². The molecule has 2 fully saturated rings. The third-order valence-corrected chi connectivity index (χ3v) is 20.7. The number of carbonyl (C=O) groups is 12. The molecule has 1 saturated carbocycles. The number of nitrogens with two attached hydrogens (primary N) is 1. The molecule has 2 heterocycles. The molecular weight excluding hydrogens is 1320 g/mol. The van der Waals surface area contributed by atoms with Gasteiger partial charge >= 0.3 is 12.1 Å². The van der Waals surface area contributed by atoms with Gasteiger partial charge in [0.15, 0.2) is 0 Å². The van der Waals surface area contributed by atoms with E-state index in [1.807, 2.05) is 13.8 Å². The quantitative estimate of drug-likeness (QED) is 0.0342. The van der Waals surface area contributed by atoms with E-state index < -0.39 is 141 Å². The lowest BCUT2D eigenvalue weighted by Crippen LogP contribution is -2.60. The summed E-state index contributed by atoms with van der Waals surface area (Å²) < 4.78 is 45.6. The second kappa shape index (κ2) is 39.6. The number of amides is 13. The van der Waals surface area contributed by atoms with Crippen molar-refractivity contribution in [3.8, 4) is 0 Å². The van der Waals surface area contributed by atoms with Gasteiger partial charge in [0.1, 0.15) is 36.8 Å². The molecule has 13 amide bonds. The Morgan fingerprint density at radius 2 is 1.31 bits per heavy atom. The molecule has 0 spiro atoms. The number of hydrogen-bond donors (Lipinski definition) is 8. The van der Waals surface area contributed by atoms with Crippen LogP contribution in [0.5, 0.6) is 0 Å². The fraction of sp³-hybridized carbons (Fsp3) is 0.634. The van der Waals surface area contributed by atoms with E-state index in [0.717, 1.165) is 9.80 Å². The summed E-state index contributed by atoms with van der Waals surface area (Å²) in [4.78, 5) is 167. The Balaban J connectivity index is 1.19. The van der Waals surface area contributed by atoms with E-state index in [1.54, 1.807) is 115 Å². The highest BCUT2D eigenvalue weighted by molar-refractivity contribution is 7.91. The Hall–Kier alpha value is -8.51. The van der Waals surface area contributed by atoms with Crippen LogP contribution in [-0.4, -0.2) is 207 Å². The molecule has 2 aromatic rings. The Morgan fingerprint density at radius 3 is 1.88 bits per heavy atom. The van der Waals surface area contributed by atoms with Crippen molar-refractivity contribution in [3.05, 3.63) is 77.9 Å². The molecule has 29 nitrogen and oxygen atoms in total. The predicted octanol–water partition coefficient (Wildman–Crippen LogP) is 4.17. The molecule has 3 aliphatic rings. The van der Waals surface area contributed by atoms with Crippen molar-refractivity contribution in [3.63, 3.8) is 0 Å². The zero-order chi connectivity index (χ0) is 75.0. The van der Waals surface area contributed by atoms with E-state index >= 15 is 0 Å². The summed E-state index contributed by atoms with van der Waals surface area (Å²) in [6, 6.07) is 7.58. The SMILES string of the molecule is CC[C@H](C)[C@@H]([C@@H](CC(=O)N1CCC[C@H]1[C@H](OC)[C@@H](C)C(=O)N[C@@H](Cc1ccccc1)C(=O)NS(=O)(=O)C1CC1)OC)N(C)C(=O)[C@@H](NC(=O)[C@H](C(C)C)N(C)C(=O)OCc1ccc(NC(=O)[C@H](CCCNC(N)=O)NC(=O)[C@@H](NC(=O)CCCCCN2C(=O)C=CC2=O)C(C)C)cc1)C(C)C. The smallest absolute Gasteiger partial charge is 0.410 e. The summed E-state index contributed by atoms with van der Waals surface area (Å²) >= 11 is 0. The van der Waals surface area contributed by atoms with Gasteiger partial charge in [-0.2, -0.15) is 0 Å². The fourth-order valence-corrected chi connectivity index (χ4v) is 14.1. The molecule has 0 radical (unpaired) electrons. The number of nitrogens with zero attached hydrogens (tertiary/aromatic N) is 4. The second-order valence-corrected chi connectivity index (χ2v) is 29.5. The number of unbranched alkanes of at least 4 members (excludes halogenated alkanes) is 2. The van der Waals surface area contributed by atoms with Gasteiger partial charge in [-0.25, -0.2) is 18.0 Å². The van der Waals surface area contributed by atoms with Crippen LogP contribution < -0.4 is 42.4 Å². The molecule has 11 atom stereocenters. The van der Waals surface area contributed by atoms with Crippen LogP contribution in [-0.2, 0) is 85.2 Å². The average Bonchev–Trinajstić information content (AvgIpc) is 1.79. The highest BCUT2D eigenvalue weighted by Crippen LogP contribution is 2.31. The number of methoxy groups -OCH3 is 2. The topological polar surface area (TPSA) is 390 Å². The Labute approximate surface area is 594 Å². The predicted molar refractivity (Wildman–Crippen MR) is 377 cm³/mol. The third kappa shape index (κ3) is 24.6. The lowest BCUT2D eigenvalue weighted by atomic mass is 9.89. The Bertz CT molecular complexity index is 3310. The lowest BCUT2D eigenvalue weighted by Gasteiger charge is -2.41. The number of sulfonamides is 1. The lowest BCUT2D eigenvalue weighted by molar-refractivity contribution is -0.148. The third-order valence-electron chi connectivity index (χ3n) is 18.9. The standard InChI is InChI=1S/C71H108N12O17S/c1-14-45(8)62(54(98-12)40-58(87)82-38-22-26-53(82)63(99-13)46(9)64(88)76-52(39-47-23-17-15-18-24-47)66(90)79-101(96,97)50-32-33-50)80(10)69(93)60(43(4)5)78-68(92)61(44(6)7)81(11)71(95)100-41-48-28-30-49(31-29-48)74-65(89)51(25-21-36-73-70(72)94)75-67(91)59(42(2)3)77-55(84)27-19-16-20-37-83-56(85)34-35-57(83)86/h15,17-18,23-24,28-31,34-35,42-46,50-54,59-63H,14,16,19-22,25-27,32-33,36-41H2,1-13H3,(H,74,89)(H,75,91)(H,76,88)(H,77,84)(H,78,92)(H,79,90)(H3,72,73,94)/t45-,46+,51-,52-,53-,54+,59-,60-,61-,62-,63+/m0/s1. The van der Waals surface area contributed by atoms with Gasteiger partial charge in [-0.3, -0.25) is 62.5 Å². The van der Waals surface area contributed by atoms with Gasteiger partial charge in [0.2, 0.25) is 51.4 Å². The van der Waals surface area contributed by atoms with Crippen molar-refractivity contribution in [2.45, 2.75) is 212 Å². The van der Waals surface area contributed by atoms with Gasteiger partial charge in [0, 0.05) is 78.6 Å². The number of nitrogens with one attached hydrogen (secondary N) is 7. The maximum Gasteiger partial charge on any atom is 0.410 e. The highest BCUT2D eigenvalue weighted by Gasteiger charge is 2.45. The molecule has 560 valence electrons. The van der Waals surface area contributed by atoms with Crippen molar-refractivity contribution in [1.82, 2.24) is 50.9 Å². The first kappa shape index (κ1) is 83.2. The molecule has 101 heavy (non-hydrogen) atoms. The minimum Gasteiger partial charge on any atom is -0.445 e. The zero-order valence-electron chi connectivity index (χ0n) is 60.7. The minimum atomic E-state index is -3.93. The van der Waals surface area contributed by atoms with Crippen LogP contribution >= 0.6 is 0 Å². The van der Waals surface area contributed by atoms with Gasteiger partial charge in [-0.05, 0) is 98.3 Å². The van der Waals surface area contributed by atoms with Gasteiger partial charge < -0.3 is 61.6 Å². The largest absolute Gasteiger partial charge is 0.445 e. The first-order valence-corrected chi connectivity index (χ1v) is 36.6. The van der Waals surface area contributed by atoms with Crippen molar-refractivity contribution in [2.75, 3.05) is 53.3 Å². The van der Waals surface area contributed by atoms with E-state index in [4.69, 9.17) is 19.9 Å². The van der Waals surface area contributed by atoms with E-state index in [1.165, 1.54) is 38.3 Å². The summed E-state index contributed by atoms with van der Waals surface area (Å²) in [5.74, 6) is -7.67. The molecule has 0 bridgehead atoms. The number of benzene rings is 2. The summed E-state index contributed by atoms with van der Waals surface area (Å²) in [6.45, 7) is 16.5. The van der Waals surface area contributed by atoms with E-state index in [2.05, 4.69) is 36.6 Å². The number of likely N-dealkylation sites (N-methyl/N-ethyl adjacent to an activating group) is 2. The molecule has 2 aromatic carbocycles. The number of carbonyl (C=O) groups excluding carboxylic acids is 12. The van der Waals surface area contributed by atoms with Crippen molar-refractivity contribution in [2.24, 2.45) is 35.3 Å². The maximum absolute atomic E-state index is 14.9. The van der Waals surface area contributed by atoms with Gasteiger partial charge in [0.05, 0.1) is 41.9 Å². The second-order valence-electron chi connectivity index (χ2n) is 27.6. The number of urea groups is 1. The number of ether oxygens (including phenoxy) is 3. The number of likely N-dealkylation sites (tertiary alicyclic amines) is 1. The molecule has 1 saturated heterocycles. The van der Waals surface area contributed by atoms with E-state index in [9.17, 15) is 66.0 Å². The van der Waals surface area contributed by atoms with Crippen molar-refractivity contribution in [1.29, 1.82) is 0 Å². The molecule has 30 heteroatoms. The maximum atomic E-state index is 14.9. The zero-order valence-corrected chi connectivity index (χ0v) is 61.6. The van der Waals surface area contributed by atoms with Crippen molar-refractivity contribution < 1.29 is 80.2 Å². The van der Waals surface area contributed by atoms with Crippen LogP contribution in [0.1, 0.15) is 150 Å². The minimum absolute atomic E-state index is 0.0163. The van der Waals surface area contributed by atoms with Crippen LogP contribution in [0.4, 0.5) is 15.3 Å². The normalized spacial score (nSPS) is 17.5. The highest BCUT2D eigenvalue weighted by atomic mass is 32.2. The average molecular weight is 1430 g/mol. The van der Waals surface area contributed by atoms with Gasteiger partial charge in [0.25, 0.3) is 17.7 Å². The van der Waals surface area contributed by atoms with Crippen LogP contribution in [0.3, 0.4) is 0 Å². The monoisotopic (exact) mass is 1430 g/mol. The van der Waals surface area contributed by atoms with Crippen LogP contribution in [0.15, 0.2) is 66.7 Å². The summed E-state index contributed by atoms with van der Waals surface area (Å²) in [7, 11) is 1.99. The van der Waals surface area contributed by atoms with Crippen LogP contribution in [0.25, 0.3) is 0 Å². The number of imide groups is 1. The first-order chi connectivity index (χ1) is 47.7. The van der Waals surface area contributed by atoms with Crippen LogP contribution in [0.2, 0.25) is 0 Å². The number of hydrogen-bond acceptors (Lipinski definition) is 17. The molecule has 1 aliphatic carbocycles.